The quantitative estimate of drug-likeness (QED) is 0.0501. The number of carbonyl (C=O) groups excluding carboxylic acids is 2. The van der Waals surface area contributed by atoms with Crippen molar-refractivity contribution in [2.45, 2.75) is 55.4 Å². The molecular weight excluding hydrogens is 723 g/mol. The molecule has 4 fully saturated rings. The van der Waals surface area contributed by atoms with Gasteiger partial charge in [0.1, 0.15) is 21.8 Å². The number of amidine groups is 1. The zero-order chi connectivity index (χ0) is 37.5. The van der Waals surface area contributed by atoms with E-state index in [2.05, 4.69) is 55.7 Å². The minimum atomic E-state index is -0.216. The van der Waals surface area contributed by atoms with Gasteiger partial charge in [0.25, 0.3) is 0 Å². The molecule has 4 heterocycles. The highest BCUT2D eigenvalue weighted by atomic mass is 32.1. The number of nitrogens with zero attached hydrogens (tertiary/aromatic N) is 4. The van der Waals surface area contributed by atoms with Crippen LogP contribution in [0.25, 0.3) is 27.4 Å². The summed E-state index contributed by atoms with van der Waals surface area (Å²) < 4.78 is 11.1. The Morgan fingerprint density at radius 2 is 1.24 bits per heavy atom. The third kappa shape index (κ3) is 8.50. The topological polar surface area (TPSA) is 165 Å². The second-order valence-corrected chi connectivity index (χ2v) is 16.3. The number of hydrogen-bond acceptors (Lipinski definition) is 10. The lowest BCUT2D eigenvalue weighted by Gasteiger charge is -2.35. The van der Waals surface area contributed by atoms with E-state index in [0.29, 0.717) is 52.4 Å². The van der Waals surface area contributed by atoms with E-state index in [0.717, 1.165) is 58.2 Å². The van der Waals surface area contributed by atoms with Crippen LogP contribution in [0.3, 0.4) is 0 Å². The predicted molar refractivity (Wildman–Crippen MR) is 208 cm³/mol. The molecule has 2 saturated carbocycles. The Morgan fingerprint density at radius 3 is 1.67 bits per heavy atom. The van der Waals surface area contributed by atoms with E-state index in [-0.39, 0.29) is 52.3 Å². The molecule has 4 aromatic rings. The van der Waals surface area contributed by atoms with Gasteiger partial charge in [0.2, 0.25) is 17.9 Å². The molecule has 282 valence electrons. The van der Waals surface area contributed by atoms with Crippen molar-refractivity contribution in [2.24, 2.45) is 28.6 Å². The van der Waals surface area contributed by atoms with Crippen molar-refractivity contribution < 1.29 is 24.3 Å². The number of hydrogen-bond donors (Lipinski definition) is 4. The predicted octanol–water partition coefficient (Wildman–Crippen LogP) is 5.64. The lowest BCUT2D eigenvalue weighted by molar-refractivity contribution is -0.123. The van der Waals surface area contributed by atoms with Gasteiger partial charge in [-0.25, -0.2) is 16.5 Å². The second-order valence-electron chi connectivity index (χ2n) is 14.5. The highest BCUT2D eigenvalue weighted by Crippen LogP contribution is 2.42. The SMILES string of the molecule is N/C(=N\O)C1CC1C(=O)NCC1(c2nc(-c3ccccc3)cs2)CCOCC1.[C-]#[N+]C1CC1C(=O)NCC1(c2nc(-c3ccccc3)cs2)CCOCC1. The standard InChI is InChI=1S/C20H24N4O3S.C20H21N3O2S/c21-17(24-26)14-10-15(14)18(25)22-12-20(6-8-27-9-7-20)19-23-16(11-28-19)13-4-2-1-3-5-13;1-21-16-11-15(16)18(24)22-13-20(7-9-25-10-8-20)19-23-17(12-26-19)14-5-3-2-4-6-14/h1-5,11,14-15,26H,6-10,12H2,(H2,21,24)(H,22,25);2-6,12,15-16H,7-11,13H2,(H,22,24). The molecule has 4 aliphatic rings. The maximum atomic E-state index is 12.5. The van der Waals surface area contributed by atoms with Gasteiger partial charge in [-0.1, -0.05) is 65.8 Å². The minimum absolute atomic E-state index is 0.0108. The molecule has 8 rings (SSSR count). The number of aromatic nitrogens is 2. The van der Waals surface area contributed by atoms with Gasteiger partial charge in [0.15, 0.2) is 0 Å². The van der Waals surface area contributed by atoms with Crippen LogP contribution in [-0.4, -0.2) is 78.4 Å². The van der Waals surface area contributed by atoms with Crippen LogP contribution < -0.4 is 16.4 Å². The molecule has 14 heteroatoms. The first-order valence-corrected chi connectivity index (χ1v) is 20.2. The summed E-state index contributed by atoms with van der Waals surface area (Å²) in [4.78, 5) is 38.1. The highest BCUT2D eigenvalue weighted by Gasteiger charge is 2.50. The van der Waals surface area contributed by atoms with Gasteiger partial charge in [-0.2, -0.15) is 0 Å². The zero-order valence-corrected chi connectivity index (χ0v) is 31.6. The fourth-order valence-corrected chi connectivity index (χ4v) is 9.42. The van der Waals surface area contributed by atoms with Gasteiger partial charge >= 0.3 is 0 Å². The number of nitrogens with two attached hydrogens (primary N) is 1. The summed E-state index contributed by atoms with van der Waals surface area (Å²) in [6.07, 6.45) is 4.68. The second kappa shape index (κ2) is 16.8. The van der Waals surface area contributed by atoms with E-state index in [4.69, 9.17) is 37.0 Å². The fraction of sp³-hybridized carbons (Fsp3) is 0.450. The molecule has 54 heavy (non-hydrogen) atoms. The number of carbonyl (C=O) groups is 2. The van der Waals surface area contributed by atoms with E-state index in [9.17, 15) is 9.59 Å². The van der Waals surface area contributed by atoms with Gasteiger partial charge in [-0.05, 0) is 32.1 Å². The summed E-state index contributed by atoms with van der Waals surface area (Å²) in [6, 6.07) is 20.2. The molecule has 2 saturated heterocycles. The molecule has 2 aliphatic heterocycles. The Bertz CT molecular complexity index is 1970. The Balaban J connectivity index is 0.000000167. The van der Waals surface area contributed by atoms with Crippen molar-refractivity contribution >= 4 is 40.3 Å². The van der Waals surface area contributed by atoms with Crippen molar-refractivity contribution in [1.82, 2.24) is 20.6 Å². The zero-order valence-electron chi connectivity index (χ0n) is 30.0. The first kappa shape index (κ1) is 37.6. The van der Waals surface area contributed by atoms with E-state index in [1.807, 2.05) is 36.4 Å². The van der Waals surface area contributed by atoms with Gasteiger partial charge in [-0.3, -0.25) is 9.59 Å². The molecule has 0 radical (unpaired) electrons. The Kier molecular flexibility index (Phi) is 11.7. The van der Waals surface area contributed by atoms with Gasteiger partial charge in [0.05, 0.1) is 11.4 Å². The summed E-state index contributed by atoms with van der Waals surface area (Å²) in [5.41, 5.74) is 9.38. The normalized spacial score (nSPS) is 23.9. The van der Waals surface area contributed by atoms with Crippen LogP contribution in [0.15, 0.2) is 76.6 Å². The molecule has 4 atom stereocenters. The van der Waals surface area contributed by atoms with E-state index in [1.54, 1.807) is 22.7 Å². The van der Waals surface area contributed by atoms with Crippen molar-refractivity contribution in [2.75, 3.05) is 39.5 Å². The maximum absolute atomic E-state index is 12.5. The summed E-state index contributed by atoms with van der Waals surface area (Å²) in [5.74, 6) is -0.378. The highest BCUT2D eigenvalue weighted by molar-refractivity contribution is 7.10. The van der Waals surface area contributed by atoms with Gasteiger partial charge in [0, 0.05) is 90.5 Å². The first-order valence-electron chi connectivity index (χ1n) is 18.4. The monoisotopic (exact) mass is 767 g/mol. The number of amides is 2. The van der Waals surface area contributed by atoms with Crippen LogP contribution in [0.5, 0.6) is 0 Å². The van der Waals surface area contributed by atoms with Crippen LogP contribution in [0.2, 0.25) is 0 Å². The number of thiazole rings is 2. The Morgan fingerprint density at radius 1 is 0.778 bits per heavy atom. The fourth-order valence-electron chi connectivity index (χ4n) is 7.24. The number of benzene rings is 2. The molecule has 2 aromatic carbocycles. The first-order chi connectivity index (χ1) is 26.3. The van der Waals surface area contributed by atoms with Crippen LogP contribution in [0, 0.1) is 24.3 Å². The molecule has 0 bridgehead atoms. The van der Waals surface area contributed by atoms with Crippen molar-refractivity contribution in [1.29, 1.82) is 0 Å². The maximum Gasteiger partial charge on any atom is 0.236 e. The van der Waals surface area contributed by atoms with Crippen LogP contribution >= 0.6 is 22.7 Å². The van der Waals surface area contributed by atoms with E-state index < -0.39 is 0 Å². The molecule has 12 nitrogen and oxygen atoms in total. The molecule has 2 amide bonds. The van der Waals surface area contributed by atoms with E-state index in [1.165, 1.54) is 0 Å². The number of ether oxygens (including phenoxy) is 2. The summed E-state index contributed by atoms with van der Waals surface area (Å²) in [7, 11) is 0. The Hall–Kier alpha value is -4.68. The molecule has 0 spiro atoms. The van der Waals surface area contributed by atoms with Crippen LogP contribution in [-0.2, 0) is 29.9 Å². The smallest absolute Gasteiger partial charge is 0.236 e. The number of oxime groups is 1. The largest absolute Gasteiger partial charge is 0.409 e. The van der Waals surface area contributed by atoms with Crippen molar-refractivity contribution in [3.63, 3.8) is 0 Å². The van der Waals surface area contributed by atoms with Crippen LogP contribution in [0.4, 0.5) is 0 Å². The molecule has 2 aliphatic carbocycles. The number of nitrogens with one attached hydrogen (secondary N) is 2. The summed E-state index contributed by atoms with van der Waals surface area (Å²) >= 11 is 3.31. The molecule has 2 aromatic heterocycles. The Labute approximate surface area is 323 Å². The average Bonchev–Trinajstić information content (AvgIpc) is 4.09. The molecule has 4 unspecified atom stereocenters. The average molecular weight is 768 g/mol. The van der Waals surface area contributed by atoms with Crippen molar-refractivity contribution in [3.05, 3.63) is 92.9 Å². The summed E-state index contributed by atoms with van der Waals surface area (Å²) in [6.45, 7) is 10.8. The van der Waals surface area contributed by atoms with Gasteiger partial charge in [-0.15, -0.1) is 22.7 Å². The molecular formula is C40H45N7O5S2. The van der Waals surface area contributed by atoms with Crippen molar-refractivity contribution in [3.8, 4) is 22.5 Å². The van der Waals surface area contributed by atoms with Gasteiger partial charge < -0.3 is 35.9 Å². The third-order valence-corrected chi connectivity index (χ3v) is 13.2. The van der Waals surface area contributed by atoms with E-state index >= 15 is 0 Å². The lowest BCUT2D eigenvalue weighted by atomic mass is 9.80. The number of rotatable bonds is 11. The van der Waals surface area contributed by atoms with Crippen LogP contribution in [0.1, 0.15) is 48.5 Å². The minimum Gasteiger partial charge on any atom is -0.409 e. The lowest BCUT2D eigenvalue weighted by Crippen LogP contribution is -2.45. The third-order valence-electron chi connectivity index (χ3n) is 11.0. The summed E-state index contributed by atoms with van der Waals surface area (Å²) in [5, 5.41) is 24.3. The molecule has 5 N–H and O–H groups in total.